The second kappa shape index (κ2) is 2.45. The molecule has 0 fully saturated rings. The van der Waals surface area contributed by atoms with E-state index < -0.39 is 6.03 Å². The first kappa shape index (κ1) is 7.91. The molecule has 0 aliphatic carbocycles. The number of hydrogen-bond acceptors (Lipinski definition) is 2. The van der Waals surface area contributed by atoms with Gasteiger partial charge in [0.15, 0.2) is 0 Å². The Hall–Kier alpha value is -1.19. The van der Waals surface area contributed by atoms with Gasteiger partial charge in [0, 0.05) is 6.21 Å². The van der Waals surface area contributed by atoms with Gasteiger partial charge < -0.3 is 4.74 Å². The zero-order valence-corrected chi connectivity index (χ0v) is 6.79. The molecule has 1 aliphatic heterocycles. The maximum Gasteiger partial charge on any atom is 0.369 e. The molecule has 4 heteroatoms. The lowest BCUT2D eigenvalue weighted by Crippen LogP contribution is -2.31. The Morgan fingerprint density at radius 2 is 2.18 bits per heavy atom. The highest BCUT2D eigenvalue weighted by atomic mass is 16.5. The number of urea groups is 1. The van der Waals surface area contributed by atoms with Gasteiger partial charge >= 0.3 is 6.03 Å². The monoisotopic (exact) mass is 154 g/mol. The van der Waals surface area contributed by atoms with Gasteiger partial charge in [-0.2, -0.15) is 4.99 Å². The summed E-state index contributed by atoms with van der Waals surface area (Å²) in [5.74, 6) is 0.414. The summed E-state index contributed by atoms with van der Waals surface area (Å²) in [5.41, 5.74) is -0.358. The zero-order chi connectivity index (χ0) is 8.48. The Morgan fingerprint density at radius 3 is 2.64 bits per heavy atom. The van der Waals surface area contributed by atoms with Gasteiger partial charge in [0.05, 0.1) is 12.5 Å². The summed E-state index contributed by atoms with van der Waals surface area (Å²) in [4.78, 5) is 17.8. The molecule has 1 aliphatic rings. The van der Waals surface area contributed by atoms with E-state index in [0.717, 1.165) is 0 Å². The van der Waals surface area contributed by atoms with Crippen LogP contribution in [-0.2, 0) is 4.74 Å². The first-order valence-corrected chi connectivity index (χ1v) is 3.28. The number of nitrogens with zero attached hydrogens (tertiary/aromatic N) is 2. The number of carbonyl (C=O) groups excluding carboxylic acids is 1. The number of ether oxygens (including phenoxy) is 1. The van der Waals surface area contributed by atoms with E-state index in [1.807, 2.05) is 13.8 Å². The summed E-state index contributed by atoms with van der Waals surface area (Å²) in [6, 6.07) is -0.499. The second-order valence-electron chi connectivity index (χ2n) is 2.88. The smallest absolute Gasteiger partial charge is 0.369 e. The summed E-state index contributed by atoms with van der Waals surface area (Å²) < 4.78 is 4.91. The lowest BCUT2D eigenvalue weighted by molar-refractivity contribution is 0.254. The fourth-order valence-corrected chi connectivity index (χ4v) is 0.840. The summed E-state index contributed by atoms with van der Waals surface area (Å²) in [7, 11) is 1.49. The van der Waals surface area contributed by atoms with Gasteiger partial charge in [-0.25, -0.2) is 9.79 Å². The van der Waals surface area contributed by atoms with Crippen molar-refractivity contribution in [2.24, 2.45) is 15.4 Å². The summed E-state index contributed by atoms with van der Waals surface area (Å²) in [6.45, 7) is 3.76. The van der Waals surface area contributed by atoms with Crippen LogP contribution in [0.5, 0.6) is 0 Å². The molecule has 0 saturated carbocycles. The third-order valence-electron chi connectivity index (χ3n) is 1.44. The number of hydrogen-bond donors (Lipinski definition) is 0. The maximum atomic E-state index is 10.7. The van der Waals surface area contributed by atoms with Crippen molar-refractivity contribution in [2.75, 3.05) is 7.11 Å². The molecule has 0 atom stereocenters. The van der Waals surface area contributed by atoms with Crippen LogP contribution in [0, 0.1) is 5.41 Å². The Kier molecular flexibility index (Phi) is 1.76. The SMILES string of the molecule is COC1=NC(=O)N=CC1(C)C. The minimum absolute atomic E-state index is 0.358. The average Bonchev–Trinajstić information content (AvgIpc) is 1.94. The van der Waals surface area contributed by atoms with Crippen molar-refractivity contribution >= 4 is 18.1 Å². The molecule has 2 amide bonds. The molecule has 0 aromatic heterocycles. The molecule has 0 radical (unpaired) electrons. The molecule has 0 aromatic carbocycles. The first-order chi connectivity index (χ1) is 5.06. The van der Waals surface area contributed by atoms with E-state index in [9.17, 15) is 4.79 Å². The van der Waals surface area contributed by atoms with E-state index in [2.05, 4.69) is 9.98 Å². The fourth-order valence-electron chi connectivity index (χ4n) is 0.840. The maximum absolute atomic E-state index is 10.7. The Balaban J connectivity index is 2.96. The van der Waals surface area contributed by atoms with Gasteiger partial charge in [-0.05, 0) is 13.8 Å². The van der Waals surface area contributed by atoms with Gasteiger partial charge in [-0.3, -0.25) is 0 Å². The standard InChI is InChI=1S/C7H10N2O2/c1-7(2)4-8-6(10)9-5(7)11-3/h4H,1-3H3. The van der Waals surface area contributed by atoms with Crippen molar-refractivity contribution in [3.63, 3.8) is 0 Å². The minimum Gasteiger partial charge on any atom is -0.483 e. The van der Waals surface area contributed by atoms with Crippen LogP contribution in [0.25, 0.3) is 0 Å². The summed E-state index contributed by atoms with van der Waals surface area (Å²) in [5, 5.41) is 0. The Bertz CT molecular complexity index is 241. The highest BCUT2D eigenvalue weighted by molar-refractivity contribution is 6.09. The third kappa shape index (κ3) is 1.45. The van der Waals surface area contributed by atoms with E-state index in [1.165, 1.54) is 7.11 Å². The first-order valence-electron chi connectivity index (χ1n) is 3.28. The van der Waals surface area contributed by atoms with E-state index in [1.54, 1.807) is 6.21 Å². The normalized spacial score (nSPS) is 21.4. The largest absolute Gasteiger partial charge is 0.483 e. The molecule has 1 heterocycles. The number of carbonyl (C=O) groups is 1. The molecular formula is C7H10N2O2. The number of methoxy groups -OCH3 is 1. The van der Waals surface area contributed by atoms with Crippen LogP contribution in [-0.4, -0.2) is 25.3 Å². The van der Waals surface area contributed by atoms with Crippen molar-refractivity contribution in [1.82, 2.24) is 0 Å². The van der Waals surface area contributed by atoms with Gasteiger partial charge in [0.1, 0.15) is 0 Å². The van der Waals surface area contributed by atoms with Crippen molar-refractivity contribution in [3.8, 4) is 0 Å². The molecule has 0 unspecified atom stereocenters. The van der Waals surface area contributed by atoms with E-state index in [0.29, 0.717) is 5.90 Å². The van der Waals surface area contributed by atoms with Crippen molar-refractivity contribution in [2.45, 2.75) is 13.8 Å². The molecular weight excluding hydrogens is 144 g/mol. The highest BCUT2D eigenvalue weighted by Crippen LogP contribution is 2.18. The Morgan fingerprint density at radius 1 is 1.55 bits per heavy atom. The lowest BCUT2D eigenvalue weighted by Gasteiger charge is -2.21. The van der Waals surface area contributed by atoms with E-state index in [-0.39, 0.29) is 5.41 Å². The number of amides is 2. The molecule has 11 heavy (non-hydrogen) atoms. The quantitative estimate of drug-likeness (QED) is 0.527. The molecule has 4 nitrogen and oxygen atoms in total. The highest BCUT2D eigenvalue weighted by Gasteiger charge is 2.28. The van der Waals surface area contributed by atoms with Crippen molar-refractivity contribution < 1.29 is 9.53 Å². The molecule has 0 N–H and O–H groups in total. The van der Waals surface area contributed by atoms with Crippen LogP contribution in [0.1, 0.15) is 13.8 Å². The molecule has 0 saturated heterocycles. The van der Waals surface area contributed by atoms with Gasteiger partial charge in [-0.15, -0.1) is 0 Å². The van der Waals surface area contributed by atoms with E-state index in [4.69, 9.17) is 4.74 Å². The van der Waals surface area contributed by atoms with Crippen LogP contribution in [0.4, 0.5) is 4.79 Å². The van der Waals surface area contributed by atoms with Gasteiger partial charge in [0.25, 0.3) is 0 Å². The van der Waals surface area contributed by atoms with Gasteiger partial charge in [-0.1, -0.05) is 0 Å². The van der Waals surface area contributed by atoms with Crippen LogP contribution < -0.4 is 0 Å². The van der Waals surface area contributed by atoms with Crippen molar-refractivity contribution in [1.29, 1.82) is 0 Å². The zero-order valence-electron chi connectivity index (χ0n) is 6.79. The Labute approximate surface area is 65.0 Å². The lowest BCUT2D eigenvalue weighted by atomic mass is 9.94. The van der Waals surface area contributed by atoms with E-state index >= 15 is 0 Å². The van der Waals surface area contributed by atoms with Crippen LogP contribution >= 0.6 is 0 Å². The predicted octanol–water partition coefficient (Wildman–Crippen LogP) is 1.26. The fraction of sp³-hybridized carbons (Fsp3) is 0.571. The average molecular weight is 154 g/mol. The molecule has 0 aromatic rings. The van der Waals surface area contributed by atoms with Crippen LogP contribution in [0.15, 0.2) is 9.98 Å². The predicted molar refractivity (Wildman–Crippen MR) is 42.1 cm³/mol. The third-order valence-corrected chi connectivity index (χ3v) is 1.44. The van der Waals surface area contributed by atoms with Crippen LogP contribution in [0.2, 0.25) is 0 Å². The topological polar surface area (TPSA) is 51.0 Å². The molecule has 60 valence electrons. The molecule has 0 spiro atoms. The van der Waals surface area contributed by atoms with Crippen molar-refractivity contribution in [3.05, 3.63) is 0 Å². The summed E-state index contributed by atoms with van der Waals surface area (Å²) >= 11 is 0. The second-order valence-corrected chi connectivity index (χ2v) is 2.88. The summed E-state index contributed by atoms with van der Waals surface area (Å²) in [6.07, 6.45) is 1.54. The van der Waals surface area contributed by atoms with Crippen LogP contribution in [0.3, 0.4) is 0 Å². The number of rotatable bonds is 0. The molecule has 1 rings (SSSR count). The minimum atomic E-state index is -0.499. The molecule has 0 bridgehead atoms. The number of aliphatic imine (C=N–C) groups is 2. The van der Waals surface area contributed by atoms with Gasteiger partial charge in [0.2, 0.25) is 5.90 Å².